The van der Waals surface area contributed by atoms with Gasteiger partial charge in [-0.25, -0.2) is 8.42 Å². The molecule has 118 valence electrons. The first-order valence-corrected chi connectivity index (χ1v) is 9.15. The van der Waals surface area contributed by atoms with Gasteiger partial charge in [-0.05, 0) is 40.2 Å². The number of carbonyl (C=O) groups excluding carboxylic acids is 1. The fourth-order valence-electron chi connectivity index (χ4n) is 2.85. The van der Waals surface area contributed by atoms with Crippen molar-refractivity contribution in [3.05, 3.63) is 17.5 Å². The molecule has 6 nitrogen and oxygen atoms in total. The van der Waals surface area contributed by atoms with Crippen molar-refractivity contribution in [1.29, 1.82) is 0 Å². The van der Waals surface area contributed by atoms with Crippen LogP contribution in [0, 0.1) is 6.92 Å². The Balaban J connectivity index is 2.23. The van der Waals surface area contributed by atoms with Gasteiger partial charge in [-0.2, -0.15) is 5.10 Å². The highest BCUT2D eigenvalue weighted by atomic mass is 32.2. The lowest BCUT2D eigenvalue weighted by Crippen LogP contribution is -2.41. The Kier molecular flexibility index (Phi) is 4.41. The van der Waals surface area contributed by atoms with Crippen molar-refractivity contribution in [2.45, 2.75) is 46.2 Å². The third kappa shape index (κ3) is 3.28. The summed E-state index contributed by atoms with van der Waals surface area (Å²) in [5, 5.41) is 4.36. The lowest BCUT2D eigenvalue weighted by Gasteiger charge is -2.25. The molecule has 1 fully saturated rings. The van der Waals surface area contributed by atoms with E-state index >= 15 is 0 Å². The van der Waals surface area contributed by atoms with Gasteiger partial charge in [0.1, 0.15) is 0 Å². The molecule has 0 radical (unpaired) electrons. The molecule has 0 spiro atoms. The molecule has 0 aliphatic carbocycles. The summed E-state index contributed by atoms with van der Waals surface area (Å²) in [6.07, 6.45) is 0.520. The Hall–Kier alpha value is -1.37. The Morgan fingerprint density at radius 1 is 1.52 bits per heavy atom. The highest BCUT2D eigenvalue weighted by Crippen LogP contribution is 2.20. The molecule has 2 rings (SSSR count). The van der Waals surface area contributed by atoms with Crippen LogP contribution in [-0.4, -0.2) is 53.1 Å². The standard InChI is InChI=1S/C14H23N3O3S/c1-5-16(12-6-7-21(19,20)9-12)14(18)13-8-11(4)17(15-13)10(2)3/h8,10,12H,5-7,9H2,1-4H3. The van der Waals surface area contributed by atoms with E-state index in [0.717, 1.165) is 5.69 Å². The maximum absolute atomic E-state index is 12.6. The number of amides is 1. The quantitative estimate of drug-likeness (QED) is 0.843. The fraction of sp³-hybridized carbons (Fsp3) is 0.714. The summed E-state index contributed by atoms with van der Waals surface area (Å²) in [6, 6.07) is 1.74. The van der Waals surface area contributed by atoms with Crippen LogP contribution >= 0.6 is 0 Å². The van der Waals surface area contributed by atoms with Crippen molar-refractivity contribution < 1.29 is 13.2 Å². The first-order valence-electron chi connectivity index (χ1n) is 7.32. The van der Waals surface area contributed by atoms with Crippen molar-refractivity contribution in [2.75, 3.05) is 18.1 Å². The number of hydrogen-bond donors (Lipinski definition) is 0. The molecule has 21 heavy (non-hydrogen) atoms. The molecule has 1 aromatic rings. The van der Waals surface area contributed by atoms with E-state index in [1.54, 1.807) is 11.0 Å². The van der Waals surface area contributed by atoms with Crippen LogP contribution in [-0.2, 0) is 9.84 Å². The normalized spacial score (nSPS) is 20.9. The SMILES string of the molecule is CCN(C(=O)c1cc(C)n(C(C)C)n1)C1CCS(=O)(=O)C1. The van der Waals surface area contributed by atoms with Gasteiger partial charge < -0.3 is 4.90 Å². The van der Waals surface area contributed by atoms with Gasteiger partial charge in [0, 0.05) is 24.3 Å². The summed E-state index contributed by atoms with van der Waals surface area (Å²) in [4.78, 5) is 14.3. The third-order valence-corrected chi connectivity index (χ3v) is 5.63. The average Bonchev–Trinajstić information content (AvgIpc) is 2.93. The van der Waals surface area contributed by atoms with Gasteiger partial charge in [0.2, 0.25) is 0 Å². The number of hydrogen-bond acceptors (Lipinski definition) is 4. The van der Waals surface area contributed by atoms with E-state index in [1.807, 2.05) is 32.4 Å². The lowest BCUT2D eigenvalue weighted by atomic mass is 10.2. The molecule has 1 amide bonds. The summed E-state index contributed by atoms with van der Waals surface area (Å²) in [6.45, 7) is 8.30. The monoisotopic (exact) mass is 313 g/mol. The van der Waals surface area contributed by atoms with E-state index in [2.05, 4.69) is 5.10 Å². The zero-order valence-electron chi connectivity index (χ0n) is 13.0. The van der Waals surface area contributed by atoms with E-state index in [1.165, 1.54) is 0 Å². The maximum atomic E-state index is 12.6. The second kappa shape index (κ2) is 5.79. The number of carbonyl (C=O) groups is 1. The lowest BCUT2D eigenvalue weighted by molar-refractivity contribution is 0.0701. The zero-order valence-corrected chi connectivity index (χ0v) is 13.9. The number of nitrogens with zero attached hydrogens (tertiary/aromatic N) is 3. The largest absolute Gasteiger partial charge is 0.333 e. The molecule has 1 aromatic heterocycles. The smallest absolute Gasteiger partial charge is 0.274 e. The molecule has 0 bridgehead atoms. The maximum Gasteiger partial charge on any atom is 0.274 e. The van der Waals surface area contributed by atoms with Gasteiger partial charge in [0.15, 0.2) is 15.5 Å². The van der Waals surface area contributed by atoms with Crippen LogP contribution in [0.15, 0.2) is 6.07 Å². The molecule has 1 atom stereocenters. The summed E-state index contributed by atoms with van der Waals surface area (Å²) in [5.74, 6) is 0.0549. The van der Waals surface area contributed by atoms with E-state index in [9.17, 15) is 13.2 Å². The number of aromatic nitrogens is 2. The summed E-state index contributed by atoms with van der Waals surface area (Å²) < 4.78 is 25.0. The third-order valence-electron chi connectivity index (χ3n) is 3.88. The molecular weight excluding hydrogens is 290 g/mol. The minimum atomic E-state index is -3.00. The van der Waals surface area contributed by atoms with Crippen molar-refractivity contribution in [3.8, 4) is 0 Å². The summed E-state index contributed by atoms with van der Waals surface area (Å²) in [5.41, 5.74) is 1.33. The van der Waals surface area contributed by atoms with Crippen LogP contribution in [0.2, 0.25) is 0 Å². The zero-order chi connectivity index (χ0) is 15.8. The summed E-state index contributed by atoms with van der Waals surface area (Å²) in [7, 11) is -3.00. The summed E-state index contributed by atoms with van der Waals surface area (Å²) >= 11 is 0. The van der Waals surface area contributed by atoms with Gasteiger partial charge >= 0.3 is 0 Å². The second-order valence-corrected chi connectivity index (χ2v) is 8.09. The number of rotatable bonds is 4. The van der Waals surface area contributed by atoms with Gasteiger partial charge in [-0.1, -0.05) is 0 Å². The molecule has 1 aliphatic rings. The molecular formula is C14H23N3O3S. The first kappa shape index (κ1) is 16.0. The minimum absolute atomic E-state index is 0.0659. The Bertz CT molecular complexity index is 634. The predicted octanol–water partition coefficient (Wildman–Crippen LogP) is 1.42. The van der Waals surface area contributed by atoms with E-state index < -0.39 is 9.84 Å². The van der Waals surface area contributed by atoms with E-state index in [4.69, 9.17) is 0 Å². The molecule has 7 heteroatoms. The average molecular weight is 313 g/mol. The van der Waals surface area contributed by atoms with Gasteiger partial charge in [0.25, 0.3) is 5.91 Å². The molecule has 1 saturated heterocycles. The van der Waals surface area contributed by atoms with Crippen LogP contribution in [0.3, 0.4) is 0 Å². The molecule has 0 aromatic carbocycles. The van der Waals surface area contributed by atoms with Crippen LogP contribution in [0.1, 0.15) is 49.4 Å². The van der Waals surface area contributed by atoms with Gasteiger partial charge in [0.05, 0.1) is 11.5 Å². The molecule has 1 unspecified atom stereocenters. The molecule has 0 saturated carbocycles. The predicted molar refractivity (Wildman–Crippen MR) is 81.1 cm³/mol. The van der Waals surface area contributed by atoms with Gasteiger partial charge in [-0.3, -0.25) is 9.48 Å². The van der Waals surface area contributed by atoms with Crippen molar-refractivity contribution in [1.82, 2.24) is 14.7 Å². The Morgan fingerprint density at radius 2 is 2.19 bits per heavy atom. The number of sulfone groups is 1. The van der Waals surface area contributed by atoms with E-state index in [-0.39, 0.29) is 29.5 Å². The van der Waals surface area contributed by atoms with E-state index in [0.29, 0.717) is 18.7 Å². The Labute approximate surface area is 126 Å². The van der Waals surface area contributed by atoms with Crippen LogP contribution in [0.5, 0.6) is 0 Å². The second-order valence-electron chi connectivity index (χ2n) is 5.86. The minimum Gasteiger partial charge on any atom is -0.333 e. The topological polar surface area (TPSA) is 72.3 Å². The van der Waals surface area contributed by atoms with Crippen LogP contribution < -0.4 is 0 Å². The van der Waals surface area contributed by atoms with Crippen LogP contribution in [0.25, 0.3) is 0 Å². The highest BCUT2D eigenvalue weighted by Gasteiger charge is 2.35. The van der Waals surface area contributed by atoms with Crippen LogP contribution in [0.4, 0.5) is 0 Å². The molecule has 2 heterocycles. The van der Waals surface area contributed by atoms with Crippen molar-refractivity contribution >= 4 is 15.7 Å². The molecule has 0 N–H and O–H groups in total. The fourth-order valence-corrected chi connectivity index (χ4v) is 4.58. The number of aryl methyl sites for hydroxylation is 1. The van der Waals surface area contributed by atoms with Gasteiger partial charge in [-0.15, -0.1) is 0 Å². The molecule has 1 aliphatic heterocycles. The highest BCUT2D eigenvalue weighted by molar-refractivity contribution is 7.91. The van der Waals surface area contributed by atoms with Crippen molar-refractivity contribution in [3.63, 3.8) is 0 Å². The Morgan fingerprint density at radius 3 is 2.62 bits per heavy atom. The van der Waals surface area contributed by atoms with Crippen molar-refractivity contribution in [2.24, 2.45) is 0 Å². The first-order chi connectivity index (χ1) is 9.75.